The molecule has 1 amide bonds. The molecule has 0 aliphatic heterocycles. The second-order valence-electron chi connectivity index (χ2n) is 8.87. The number of rotatable bonds is 8. The molecule has 7 nitrogen and oxygen atoms in total. The van der Waals surface area contributed by atoms with Gasteiger partial charge in [-0.2, -0.15) is 4.98 Å². The van der Waals surface area contributed by atoms with E-state index in [0.29, 0.717) is 23.9 Å². The molecule has 1 heterocycles. The van der Waals surface area contributed by atoms with E-state index in [9.17, 15) is 9.59 Å². The van der Waals surface area contributed by atoms with Crippen LogP contribution in [0.25, 0.3) is 10.9 Å². The van der Waals surface area contributed by atoms with Gasteiger partial charge in [-0.15, -0.1) is 0 Å². The molecule has 0 bridgehead atoms. The number of carbonyl (C=O) groups excluding carboxylic acids is 1. The topological polar surface area (TPSA) is 78.7 Å². The largest absolute Gasteiger partial charge is 0.389 e. The highest BCUT2D eigenvalue weighted by Gasteiger charge is 2.25. The average molecular weight is 471 g/mol. The van der Waals surface area contributed by atoms with E-state index in [1.165, 1.54) is 0 Å². The maximum atomic E-state index is 13.5. The Balaban J connectivity index is 1.65. The van der Waals surface area contributed by atoms with Crippen LogP contribution in [0, 0.1) is 6.92 Å². The van der Waals surface area contributed by atoms with Crippen LogP contribution in [0.1, 0.15) is 16.7 Å². The SMILES string of the molecule is Cc1c(N(C)C)ccc2nc(N[C@@H](Cc3ccccc3)C(=O)N(C)Cc3ccccc3)oc(=O)c12. The van der Waals surface area contributed by atoms with E-state index in [-0.39, 0.29) is 11.9 Å². The highest BCUT2D eigenvalue weighted by Crippen LogP contribution is 2.25. The summed E-state index contributed by atoms with van der Waals surface area (Å²) in [5.74, 6) is -0.124. The molecule has 35 heavy (non-hydrogen) atoms. The summed E-state index contributed by atoms with van der Waals surface area (Å²) in [4.78, 5) is 34.6. The van der Waals surface area contributed by atoms with Crippen molar-refractivity contribution in [1.82, 2.24) is 9.88 Å². The molecule has 1 N–H and O–H groups in total. The first-order valence-corrected chi connectivity index (χ1v) is 11.5. The van der Waals surface area contributed by atoms with Crippen molar-refractivity contribution in [2.75, 3.05) is 31.4 Å². The summed E-state index contributed by atoms with van der Waals surface area (Å²) in [5.41, 5.74) is 3.79. The van der Waals surface area contributed by atoms with Gasteiger partial charge in [-0.1, -0.05) is 60.7 Å². The van der Waals surface area contributed by atoms with Crippen LogP contribution >= 0.6 is 0 Å². The number of carbonyl (C=O) groups is 1. The number of anilines is 2. The summed E-state index contributed by atoms with van der Waals surface area (Å²) in [6.45, 7) is 2.35. The molecular weight excluding hydrogens is 440 g/mol. The second-order valence-corrected chi connectivity index (χ2v) is 8.87. The van der Waals surface area contributed by atoms with E-state index in [2.05, 4.69) is 10.3 Å². The van der Waals surface area contributed by atoms with Gasteiger partial charge in [-0.05, 0) is 35.7 Å². The summed E-state index contributed by atoms with van der Waals surface area (Å²) in [7, 11) is 5.61. The highest BCUT2D eigenvalue weighted by atomic mass is 16.4. The lowest BCUT2D eigenvalue weighted by Gasteiger charge is -2.25. The maximum Gasteiger partial charge on any atom is 0.348 e. The van der Waals surface area contributed by atoms with Gasteiger partial charge in [0.2, 0.25) is 5.91 Å². The van der Waals surface area contributed by atoms with Crippen LogP contribution in [0.5, 0.6) is 0 Å². The van der Waals surface area contributed by atoms with E-state index in [0.717, 1.165) is 22.4 Å². The first-order chi connectivity index (χ1) is 16.8. The number of hydrogen-bond acceptors (Lipinski definition) is 6. The molecule has 0 saturated heterocycles. The lowest BCUT2D eigenvalue weighted by atomic mass is 10.0. The van der Waals surface area contributed by atoms with Gasteiger partial charge in [0, 0.05) is 39.8 Å². The van der Waals surface area contributed by atoms with Crippen LogP contribution in [0.2, 0.25) is 0 Å². The molecule has 4 aromatic rings. The van der Waals surface area contributed by atoms with Crippen molar-refractivity contribution < 1.29 is 9.21 Å². The number of fused-ring (bicyclic) bond motifs is 1. The standard InChI is InChI=1S/C28H30N4O3/c1-19-24(31(2)3)16-15-22-25(19)27(34)35-28(29-22)30-23(17-20-11-7-5-8-12-20)26(33)32(4)18-21-13-9-6-10-14-21/h5-16,23H,17-18H2,1-4H3,(H,29,30)/t23-/m0/s1. The minimum atomic E-state index is -0.665. The van der Waals surface area contributed by atoms with E-state index in [1.807, 2.05) is 92.6 Å². The van der Waals surface area contributed by atoms with Gasteiger partial charge in [0.05, 0.1) is 10.9 Å². The first kappa shape index (κ1) is 24.0. The number of amides is 1. The van der Waals surface area contributed by atoms with Crippen molar-refractivity contribution in [3.63, 3.8) is 0 Å². The van der Waals surface area contributed by atoms with E-state index in [1.54, 1.807) is 18.0 Å². The van der Waals surface area contributed by atoms with Crippen molar-refractivity contribution >= 4 is 28.5 Å². The Labute approximate surface area is 205 Å². The summed E-state index contributed by atoms with van der Waals surface area (Å²) in [5, 5.41) is 3.54. The molecule has 0 spiro atoms. The molecule has 0 aliphatic carbocycles. The van der Waals surface area contributed by atoms with E-state index < -0.39 is 11.7 Å². The molecule has 1 atom stereocenters. The van der Waals surface area contributed by atoms with Gasteiger partial charge in [0.15, 0.2) is 0 Å². The number of benzene rings is 3. The third-order valence-corrected chi connectivity index (χ3v) is 6.03. The molecule has 3 aromatic carbocycles. The maximum absolute atomic E-state index is 13.5. The minimum Gasteiger partial charge on any atom is -0.389 e. The summed E-state index contributed by atoms with van der Waals surface area (Å²) in [6, 6.07) is 22.6. The van der Waals surface area contributed by atoms with Crippen molar-refractivity contribution in [3.05, 3.63) is 99.9 Å². The predicted molar refractivity (Wildman–Crippen MR) is 140 cm³/mol. The van der Waals surface area contributed by atoms with Crippen molar-refractivity contribution in [2.45, 2.75) is 25.9 Å². The first-order valence-electron chi connectivity index (χ1n) is 11.5. The minimum absolute atomic E-state index is 0.0295. The summed E-state index contributed by atoms with van der Waals surface area (Å²) < 4.78 is 5.56. The Morgan fingerprint density at radius 3 is 2.20 bits per heavy atom. The van der Waals surface area contributed by atoms with Crippen molar-refractivity contribution in [2.24, 2.45) is 0 Å². The van der Waals surface area contributed by atoms with E-state index in [4.69, 9.17) is 4.42 Å². The van der Waals surface area contributed by atoms with Gasteiger partial charge in [-0.3, -0.25) is 4.79 Å². The van der Waals surface area contributed by atoms with Gasteiger partial charge in [-0.25, -0.2) is 4.79 Å². The average Bonchev–Trinajstić information content (AvgIpc) is 2.84. The van der Waals surface area contributed by atoms with Crippen LogP contribution in [0.4, 0.5) is 11.7 Å². The molecule has 4 rings (SSSR count). The Kier molecular flexibility index (Phi) is 7.15. The number of nitrogens with one attached hydrogen (secondary N) is 1. The lowest BCUT2D eigenvalue weighted by molar-refractivity contribution is -0.131. The molecule has 0 radical (unpaired) electrons. The molecule has 1 aromatic heterocycles. The summed E-state index contributed by atoms with van der Waals surface area (Å²) >= 11 is 0. The van der Waals surface area contributed by atoms with Gasteiger partial charge >= 0.3 is 5.63 Å². The number of likely N-dealkylation sites (N-methyl/N-ethyl adjacent to an activating group) is 1. The Hall–Kier alpha value is -4.13. The molecule has 0 saturated carbocycles. The van der Waals surface area contributed by atoms with Crippen LogP contribution in [0.3, 0.4) is 0 Å². The number of hydrogen-bond donors (Lipinski definition) is 1. The zero-order valence-electron chi connectivity index (χ0n) is 20.5. The van der Waals surface area contributed by atoms with Crippen molar-refractivity contribution in [3.8, 4) is 0 Å². The Bertz CT molecular complexity index is 1370. The summed E-state index contributed by atoms with van der Waals surface area (Å²) in [6.07, 6.45) is 0.417. The highest BCUT2D eigenvalue weighted by molar-refractivity contribution is 5.87. The lowest BCUT2D eigenvalue weighted by Crippen LogP contribution is -2.42. The van der Waals surface area contributed by atoms with Crippen LogP contribution in [0.15, 0.2) is 82.0 Å². The molecule has 0 unspecified atom stereocenters. The Morgan fingerprint density at radius 2 is 1.57 bits per heavy atom. The molecular formula is C28H30N4O3. The number of aromatic nitrogens is 1. The normalized spacial score (nSPS) is 11.8. The zero-order valence-corrected chi connectivity index (χ0v) is 20.5. The van der Waals surface area contributed by atoms with Crippen molar-refractivity contribution in [1.29, 1.82) is 0 Å². The third-order valence-electron chi connectivity index (χ3n) is 6.03. The monoisotopic (exact) mass is 470 g/mol. The molecule has 180 valence electrons. The van der Waals surface area contributed by atoms with Crippen LogP contribution in [-0.2, 0) is 17.8 Å². The van der Waals surface area contributed by atoms with Gasteiger partial charge in [0.25, 0.3) is 6.01 Å². The third kappa shape index (κ3) is 5.51. The van der Waals surface area contributed by atoms with Crippen LogP contribution in [-0.4, -0.2) is 43.0 Å². The quantitative estimate of drug-likeness (QED) is 0.415. The Morgan fingerprint density at radius 1 is 0.943 bits per heavy atom. The van der Waals surface area contributed by atoms with Crippen LogP contribution < -0.4 is 15.8 Å². The fourth-order valence-corrected chi connectivity index (χ4v) is 4.25. The second kappa shape index (κ2) is 10.4. The molecule has 0 aliphatic rings. The molecule has 0 fully saturated rings. The number of nitrogens with zero attached hydrogens (tertiary/aromatic N) is 3. The van der Waals surface area contributed by atoms with E-state index >= 15 is 0 Å². The van der Waals surface area contributed by atoms with Gasteiger partial charge < -0.3 is 19.5 Å². The smallest absolute Gasteiger partial charge is 0.348 e. The predicted octanol–water partition coefficient (Wildman–Crippen LogP) is 4.24. The number of aryl methyl sites for hydroxylation is 1. The van der Waals surface area contributed by atoms with Gasteiger partial charge in [0.1, 0.15) is 6.04 Å². The fourth-order valence-electron chi connectivity index (χ4n) is 4.25. The zero-order chi connectivity index (χ0) is 24.9. The molecule has 7 heteroatoms. The fraction of sp³-hybridized carbons (Fsp3) is 0.250.